The Morgan fingerprint density at radius 1 is 1.23 bits per heavy atom. The van der Waals surface area contributed by atoms with Crippen LogP contribution in [0.2, 0.25) is 0 Å². The number of aryl methyl sites for hydroxylation is 1. The maximum atomic E-state index is 9.31. The van der Waals surface area contributed by atoms with Crippen molar-refractivity contribution in [3.63, 3.8) is 0 Å². The Labute approximate surface area is 81.3 Å². The van der Waals surface area contributed by atoms with E-state index in [2.05, 4.69) is 18.4 Å². The number of phenols is 1. The Balaban J connectivity index is 2.53. The number of hydrogen-bond acceptors (Lipinski definition) is 2. The highest BCUT2D eigenvalue weighted by atomic mass is 32.1. The second kappa shape index (κ2) is 3.23. The van der Waals surface area contributed by atoms with Crippen LogP contribution in [0, 0.1) is 6.92 Å². The van der Waals surface area contributed by atoms with Crippen LogP contribution in [0.4, 0.5) is 0 Å². The Morgan fingerprint density at radius 3 is 2.69 bits per heavy atom. The van der Waals surface area contributed by atoms with Crippen LogP contribution in [0.5, 0.6) is 5.75 Å². The van der Waals surface area contributed by atoms with Gasteiger partial charge in [0.1, 0.15) is 5.75 Å². The van der Waals surface area contributed by atoms with Gasteiger partial charge in [-0.1, -0.05) is 12.1 Å². The van der Waals surface area contributed by atoms with Crippen molar-refractivity contribution >= 4 is 11.3 Å². The van der Waals surface area contributed by atoms with Crippen LogP contribution in [-0.2, 0) is 0 Å². The molecule has 1 aromatic heterocycles. The van der Waals surface area contributed by atoms with E-state index >= 15 is 0 Å². The van der Waals surface area contributed by atoms with E-state index in [1.807, 2.05) is 12.1 Å². The molecule has 0 saturated heterocycles. The minimum Gasteiger partial charge on any atom is -0.508 e. The van der Waals surface area contributed by atoms with Crippen molar-refractivity contribution in [3.05, 3.63) is 41.3 Å². The van der Waals surface area contributed by atoms with Gasteiger partial charge >= 0.3 is 0 Å². The summed E-state index contributed by atoms with van der Waals surface area (Å²) < 4.78 is 0. The first-order chi connectivity index (χ1) is 6.27. The molecule has 1 aromatic carbocycles. The Hall–Kier alpha value is -1.28. The maximum absolute atomic E-state index is 9.31. The molecule has 2 heteroatoms. The zero-order chi connectivity index (χ0) is 9.26. The van der Waals surface area contributed by atoms with E-state index in [0.29, 0.717) is 5.75 Å². The molecule has 0 aliphatic heterocycles. The maximum Gasteiger partial charge on any atom is 0.116 e. The molecule has 1 nitrogen and oxygen atoms in total. The minimum absolute atomic E-state index is 0.324. The van der Waals surface area contributed by atoms with Crippen LogP contribution in [0.15, 0.2) is 35.7 Å². The van der Waals surface area contributed by atoms with E-state index in [9.17, 15) is 5.11 Å². The fourth-order valence-electron chi connectivity index (χ4n) is 1.32. The van der Waals surface area contributed by atoms with Gasteiger partial charge in [-0.2, -0.15) is 0 Å². The Morgan fingerprint density at radius 2 is 2.08 bits per heavy atom. The van der Waals surface area contributed by atoms with E-state index in [1.54, 1.807) is 23.5 Å². The molecule has 1 N–H and O–H groups in total. The number of thiophene rings is 1. The third-order valence-corrected chi connectivity index (χ3v) is 3.04. The number of rotatable bonds is 1. The van der Waals surface area contributed by atoms with Gasteiger partial charge in [0, 0.05) is 4.88 Å². The molecule has 13 heavy (non-hydrogen) atoms. The van der Waals surface area contributed by atoms with Crippen molar-refractivity contribution in [3.8, 4) is 16.2 Å². The summed E-state index contributed by atoms with van der Waals surface area (Å²) in [4.78, 5) is 1.23. The fourth-order valence-corrected chi connectivity index (χ4v) is 2.24. The first-order valence-corrected chi connectivity index (χ1v) is 4.99. The summed E-state index contributed by atoms with van der Waals surface area (Å²) in [6.45, 7) is 2.08. The van der Waals surface area contributed by atoms with Gasteiger partial charge in [-0.3, -0.25) is 0 Å². The van der Waals surface area contributed by atoms with E-state index in [4.69, 9.17) is 0 Å². The molecular weight excluding hydrogens is 180 g/mol. The monoisotopic (exact) mass is 190 g/mol. The second-order valence-corrected chi connectivity index (χ2v) is 3.90. The molecule has 0 unspecified atom stereocenters. The molecule has 0 bridgehead atoms. The highest BCUT2D eigenvalue weighted by Crippen LogP contribution is 2.30. The van der Waals surface area contributed by atoms with E-state index in [0.717, 1.165) is 5.56 Å². The largest absolute Gasteiger partial charge is 0.508 e. The van der Waals surface area contributed by atoms with Crippen molar-refractivity contribution in [1.29, 1.82) is 0 Å². The lowest BCUT2D eigenvalue weighted by Crippen LogP contribution is -1.74. The summed E-state index contributed by atoms with van der Waals surface area (Å²) in [6, 6.07) is 9.44. The van der Waals surface area contributed by atoms with E-state index in [1.165, 1.54) is 10.4 Å². The third-order valence-electron chi connectivity index (χ3n) is 1.97. The lowest BCUT2D eigenvalue weighted by Gasteiger charge is -1.99. The van der Waals surface area contributed by atoms with Crippen molar-refractivity contribution in [2.75, 3.05) is 0 Å². The molecule has 0 amide bonds. The van der Waals surface area contributed by atoms with Crippen LogP contribution in [-0.4, -0.2) is 5.11 Å². The molecule has 66 valence electrons. The predicted octanol–water partition coefficient (Wildman–Crippen LogP) is 3.43. The summed E-state index contributed by atoms with van der Waals surface area (Å²) in [6.07, 6.45) is 0. The molecule has 0 atom stereocenters. The van der Waals surface area contributed by atoms with Crippen molar-refractivity contribution < 1.29 is 5.11 Å². The summed E-state index contributed by atoms with van der Waals surface area (Å²) in [5.74, 6) is 0.324. The smallest absolute Gasteiger partial charge is 0.116 e. The zero-order valence-electron chi connectivity index (χ0n) is 7.32. The summed E-state index contributed by atoms with van der Waals surface area (Å²) in [5, 5.41) is 11.4. The Kier molecular flexibility index (Phi) is 2.07. The van der Waals surface area contributed by atoms with E-state index < -0.39 is 0 Å². The van der Waals surface area contributed by atoms with Crippen LogP contribution in [0.3, 0.4) is 0 Å². The SMILES string of the molecule is Cc1ccsc1-c1cccc(O)c1. The van der Waals surface area contributed by atoms with Crippen LogP contribution in [0.25, 0.3) is 10.4 Å². The van der Waals surface area contributed by atoms with Gasteiger partial charge in [0.25, 0.3) is 0 Å². The summed E-state index contributed by atoms with van der Waals surface area (Å²) >= 11 is 1.70. The lowest BCUT2D eigenvalue weighted by atomic mass is 10.1. The van der Waals surface area contributed by atoms with Crippen molar-refractivity contribution in [2.45, 2.75) is 6.92 Å². The molecule has 2 aromatic rings. The average molecular weight is 190 g/mol. The molecule has 0 fully saturated rings. The van der Waals surface area contributed by atoms with Crippen molar-refractivity contribution in [1.82, 2.24) is 0 Å². The number of aromatic hydroxyl groups is 1. The van der Waals surface area contributed by atoms with Crippen LogP contribution in [0.1, 0.15) is 5.56 Å². The van der Waals surface area contributed by atoms with E-state index in [-0.39, 0.29) is 0 Å². The molecule has 2 rings (SSSR count). The minimum atomic E-state index is 0.324. The summed E-state index contributed by atoms with van der Waals surface area (Å²) in [7, 11) is 0. The lowest BCUT2D eigenvalue weighted by molar-refractivity contribution is 0.475. The zero-order valence-corrected chi connectivity index (χ0v) is 8.14. The topological polar surface area (TPSA) is 20.2 Å². The molecule has 0 radical (unpaired) electrons. The average Bonchev–Trinajstić information content (AvgIpc) is 2.51. The third kappa shape index (κ3) is 1.58. The normalized spacial score (nSPS) is 10.2. The van der Waals surface area contributed by atoms with Crippen LogP contribution >= 0.6 is 11.3 Å². The second-order valence-electron chi connectivity index (χ2n) is 2.98. The first-order valence-electron chi connectivity index (χ1n) is 4.11. The number of hydrogen-bond donors (Lipinski definition) is 1. The predicted molar refractivity (Wildman–Crippen MR) is 56.2 cm³/mol. The molecule has 0 aliphatic rings. The molecular formula is C11H10OS. The quantitative estimate of drug-likeness (QED) is 0.730. The highest BCUT2D eigenvalue weighted by molar-refractivity contribution is 7.13. The van der Waals surface area contributed by atoms with Crippen molar-refractivity contribution in [2.24, 2.45) is 0 Å². The van der Waals surface area contributed by atoms with Gasteiger partial charge in [-0.05, 0) is 41.6 Å². The van der Waals surface area contributed by atoms with Gasteiger partial charge in [-0.25, -0.2) is 0 Å². The fraction of sp³-hybridized carbons (Fsp3) is 0.0909. The molecule has 0 saturated carbocycles. The molecule has 0 spiro atoms. The molecule has 0 aliphatic carbocycles. The highest BCUT2D eigenvalue weighted by Gasteiger charge is 2.02. The van der Waals surface area contributed by atoms with Crippen LogP contribution < -0.4 is 0 Å². The Bertz CT molecular complexity index is 418. The standard InChI is InChI=1S/C11H10OS/c1-8-5-6-13-11(8)9-3-2-4-10(12)7-9/h2-7,12H,1H3. The molecule has 1 heterocycles. The summed E-state index contributed by atoms with van der Waals surface area (Å²) in [5.41, 5.74) is 2.35. The van der Waals surface area contributed by atoms with Gasteiger partial charge < -0.3 is 5.11 Å². The first kappa shape index (κ1) is 8.32. The number of phenolic OH excluding ortho intramolecular Hbond substituents is 1. The van der Waals surface area contributed by atoms with Gasteiger partial charge in [0.15, 0.2) is 0 Å². The van der Waals surface area contributed by atoms with Gasteiger partial charge in [0.2, 0.25) is 0 Å². The van der Waals surface area contributed by atoms with Gasteiger partial charge in [-0.15, -0.1) is 11.3 Å². The van der Waals surface area contributed by atoms with Gasteiger partial charge in [0.05, 0.1) is 0 Å². The number of benzene rings is 1.